The Hall–Kier alpha value is -2.50. The van der Waals surface area contributed by atoms with Gasteiger partial charge in [-0.05, 0) is 12.1 Å². The number of hydrazone groups is 1. The smallest absolute Gasteiger partial charge is 0.273 e. The Morgan fingerprint density at radius 1 is 1.44 bits per heavy atom. The molecule has 2 heterocycles. The van der Waals surface area contributed by atoms with E-state index in [1.165, 1.54) is 12.4 Å². The molecule has 0 aromatic carbocycles. The maximum absolute atomic E-state index is 11.4. The first-order chi connectivity index (χ1) is 7.86. The van der Waals surface area contributed by atoms with Crippen LogP contribution in [-0.2, 0) is 0 Å². The molecule has 0 unspecified atom stereocenters. The number of amides is 1. The van der Waals surface area contributed by atoms with Crippen LogP contribution in [0.2, 0.25) is 0 Å². The van der Waals surface area contributed by atoms with Crippen molar-refractivity contribution in [3.63, 3.8) is 0 Å². The van der Waals surface area contributed by atoms with Gasteiger partial charge in [0, 0.05) is 24.2 Å². The zero-order chi connectivity index (χ0) is 11.2. The van der Waals surface area contributed by atoms with E-state index < -0.39 is 0 Å². The third-order valence-electron chi connectivity index (χ3n) is 1.81. The highest BCUT2D eigenvalue weighted by atomic mass is 16.2. The minimum Gasteiger partial charge on any atom is -0.273 e. The molecule has 0 saturated carbocycles. The summed E-state index contributed by atoms with van der Waals surface area (Å²) in [7, 11) is 0. The summed E-state index contributed by atoms with van der Waals surface area (Å²) in [6, 6.07) is 5.19. The van der Waals surface area contributed by atoms with Crippen LogP contribution in [-0.4, -0.2) is 27.3 Å². The van der Waals surface area contributed by atoms with Gasteiger partial charge in [0.25, 0.3) is 5.91 Å². The third kappa shape index (κ3) is 2.50. The van der Waals surface area contributed by atoms with Gasteiger partial charge >= 0.3 is 0 Å². The fourth-order valence-electron chi connectivity index (χ4n) is 1.06. The molecule has 0 radical (unpaired) electrons. The molecule has 2 aromatic rings. The summed E-state index contributed by atoms with van der Waals surface area (Å²) in [6.45, 7) is 0. The molecule has 0 aliphatic heterocycles. The first-order valence-electron chi connectivity index (χ1n) is 4.59. The Morgan fingerprint density at radius 2 is 2.38 bits per heavy atom. The molecule has 0 aliphatic carbocycles. The zero-order valence-corrected chi connectivity index (χ0v) is 8.29. The summed E-state index contributed by atoms with van der Waals surface area (Å²) in [6.07, 6.45) is 6.33. The quantitative estimate of drug-likeness (QED) is 0.580. The number of hydrogen-bond acceptors (Lipinski definition) is 4. The number of nitrogens with zero attached hydrogens (tertiary/aromatic N) is 3. The molecule has 1 amide bonds. The molecular formula is C10H9N5O. The maximum Gasteiger partial charge on any atom is 0.289 e. The number of carbonyl (C=O) groups excluding carboxylic acids is 1. The number of pyridine rings is 1. The summed E-state index contributed by atoms with van der Waals surface area (Å²) >= 11 is 0. The van der Waals surface area contributed by atoms with E-state index in [2.05, 4.69) is 25.7 Å². The van der Waals surface area contributed by atoms with E-state index in [1.807, 2.05) is 6.07 Å². The number of carbonyl (C=O) groups is 1. The first kappa shape index (κ1) is 10.0. The van der Waals surface area contributed by atoms with Crippen molar-refractivity contribution in [1.82, 2.24) is 20.6 Å². The molecular weight excluding hydrogens is 206 g/mol. The predicted octanol–water partition coefficient (Wildman–Crippen LogP) is 0.569. The van der Waals surface area contributed by atoms with Crippen LogP contribution < -0.4 is 5.43 Å². The summed E-state index contributed by atoms with van der Waals surface area (Å²) in [5, 5.41) is 9.98. The summed E-state index contributed by atoms with van der Waals surface area (Å²) < 4.78 is 0. The highest BCUT2D eigenvalue weighted by molar-refractivity contribution is 5.92. The van der Waals surface area contributed by atoms with Crippen LogP contribution in [0, 0.1) is 0 Å². The van der Waals surface area contributed by atoms with E-state index in [0.29, 0.717) is 5.69 Å². The number of H-pyrrole nitrogens is 1. The van der Waals surface area contributed by atoms with Gasteiger partial charge in [0.15, 0.2) is 0 Å². The maximum atomic E-state index is 11.4. The first-order valence-corrected chi connectivity index (χ1v) is 4.59. The molecule has 2 rings (SSSR count). The normalized spacial score (nSPS) is 10.5. The number of aromatic nitrogens is 3. The van der Waals surface area contributed by atoms with Gasteiger partial charge in [-0.2, -0.15) is 10.2 Å². The van der Waals surface area contributed by atoms with Gasteiger partial charge in [-0.3, -0.25) is 14.9 Å². The average Bonchev–Trinajstić information content (AvgIpc) is 2.84. The molecule has 6 nitrogen and oxygen atoms in total. The molecule has 0 saturated heterocycles. The van der Waals surface area contributed by atoms with E-state index in [9.17, 15) is 4.79 Å². The molecule has 2 aromatic heterocycles. The monoisotopic (exact) mass is 215 g/mol. The highest BCUT2D eigenvalue weighted by Gasteiger charge is 2.03. The Labute approximate surface area is 91.4 Å². The van der Waals surface area contributed by atoms with Crippen molar-refractivity contribution in [2.24, 2.45) is 5.10 Å². The van der Waals surface area contributed by atoms with Crippen molar-refractivity contribution < 1.29 is 4.79 Å². The predicted molar refractivity (Wildman–Crippen MR) is 57.9 cm³/mol. The van der Waals surface area contributed by atoms with Crippen LogP contribution in [0.3, 0.4) is 0 Å². The lowest BCUT2D eigenvalue weighted by atomic mass is 10.3. The average molecular weight is 215 g/mol. The van der Waals surface area contributed by atoms with Crippen LogP contribution in [0.5, 0.6) is 0 Å². The van der Waals surface area contributed by atoms with Gasteiger partial charge in [-0.15, -0.1) is 0 Å². The van der Waals surface area contributed by atoms with Crippen molar-refractivity contribution in [3.8, 4) is 0 Å². The fourth-order valence-corrected chi connectivity index (χ4v) is 1.06. The Balaban J connectivity index is 1.93. The van der Waals surface area contributed by atoms with Crippen molar-refractivity contribution in [2.45, 2.75) is 0 Å². The standard InChI is InChI=1S/C10H9N5O/c16-10(9-3-5-12-14-9)15-13-7-8-2-1-4-11-6-8/h1-7H,(H,12,14)(H,15,16)/b13-7+. The Morgan fingerprint density at radius 3 is 3.06 bits per heavy atom. The van der Waals surface area contributed by atoms with Gasteiger partial charge < -0.3 is 0 Å². The second kappa shape index (κ2) is 4.83. The molecule has 2 N–H and O–H groups in total. The Kier molecular flexibility index (Phi) is 3.03. The van der Waals surface area contributed by atoms with E-state index in [1.54, 1.807) is 24.5 Å². The number of rotatable bonds is 3. The van der Waals surface area contributed by atoms with E-state index in [4.69, 9.17) is 0 Å². The lowest BCUT2D eigenvalue weighted by Gasteiger charge is -1.95. The molecule has 80 valence electrons. The number of aromatic amines is 1. The lowest BCUT2D eigenvalue weighted by Crippen LogP contribution is -2.17. The van der Waals surface area contributed by atoms with Crippen molar-refractivity contribution in [1.29, 1.82) is 0 Å². The van der Waals surface area contributed by atoms with Gasteiger partial charge in [0.1, 0.15) is 5.69 Å². The van der Waals surface area contributed by atoms with Gasteiger partial charge in [0.2, 0.25) is 0 Å². The molecule has 0 spiro atoms. The van der Waals surface area contributed by atoms with Crippen molar-refractivity contribution in [3.05, 3.63) is 48.0 Å². The van der Waals surface area contributed by atoms with Crippen LogP contribution in [0.1, 0.15) is 16.1 Å². The molecule has 0 aliphatic rings. The molecule has 16 heavy (non-hydrogen) atoms. The molecule has 0 bridgehead atoms. The SMILES string of the molecule is O=C(N/N=C/c1cccnc1)c1ccn[nH]1. The minimum atomic E-state index is -0.336. The third-order valence-corrected chi connectivity index (χ3v) is 1.81. The zero-order valence-electron chi connectivity index (χ0n) is 8.29. The number of hydrogen-bond donors (Lipinski definition) is 2. The molecule has 6 heteroatoms. The van der Waals surface area contributed by atoms with Crippen LogP contribution >= 0.6 is 0 Å². The lowest BCUT2D eigenvalue weighted by molar-refractivity contribution is 0.0950. The van der Waals surface area contributed by atoms with Gasteiger partial charge in [-0.25, -0.2) is 5.43 Å². The summed E-state index contributed by atoms with van der Waals surface area (Å²) in [4.78, 5) is 15.3. The van der Waals surface area contributed by atoms with E-state index >= 15 is 0 Å². The minimum absolute atomic E-state index is 0.336. The van der Waals surface area contributed by atoms with E-state index in [0.717, 1.165) is 5.56 Å². The second-order valence-electron chi connectivity index (χ2n) is 2.96. The van der Waals surface area contributed by atoms with Crippen molar-refractivity contribution in [2.75, 3.05) is 0 Å². The topological polar surface area (TPSA) is 83.0 Å². The molecule has 0 fully saturated rings. The van der Waals surface area contributed by atoms with Crippen LogP contribution in [0.4, 0.5) is 0 Å². The second-order valence-corrected chi connectivity index (χ2v) is 2.96. The van der Waals surface area contributed by atoms with Crippen LogP contribution in [0.25, 0.3) is 0 Å². The fraction of sp³-hybridized carbons (Fsp3) is 0. The number of nitrogens with one attached hydrogen (secondary N) is 2. The summed E-state index contributed by atoms with van der Waals surface area (Å²) in [5.41, 5.74) is 3.54. The van der Waals surface area contributed by atoms with Crippen LogP contribution in [0.15, 0.2) is 41.9 Å². The molecule has 0 atom stereocenters. The van der Waals surface area contributed by atoms with Gasteiger partial charge in [0.05, 0.1) is 6.21 Å². The Bertz CT molecular complexity index is 477. The summed E-state index contributed by atoms with van der Waals surface area (Å²) in [5.74, 6) is -0.336. The van der Waals surface area contributed by atoms with Gasteiger partial charge in [-0.1, -0.05) is 6.07 Å². The van der Waals surface area contributed by atoms with E-state index in [-0.39, 0.29) is 5.91 Å². The highest BCUT2D eigenvalue weighted by Crippen LogP contribution is 1.92. The van der Waals surface area contributed by atoms with Crippen molar-refractivity contribution >= 4 is 12.1 Å². The largest absolute Gasteiger partial charge is 0.289 e.